The first kappa shape index (κ1) is 18.3. The van der Waals surface area contributed by atoms with Crippen molar-refractivity contribution in [1.29, 1.82) is 5.26 Å². The van der Waals surface area contributed by atoms with Gasteiger partial charge in [-0.25, -0.2) is 4.39 Å². The first-order chi connectivity index (χ1) is 13.0. The zero-order chi connectivity index (χ0) is 19.4. The summed E-state index contributed by atoms with van der Waals surface area (Å²) in [6.07, 6.45) is 1.25. The molecule has 1 amide bonds. The van der Waals surface area contributed by atoms with Gasteiger partial charge in [0.05, 0.1) is 21.7 Å². The van der Waals surface area contributed by atoms with Crippen LogP contribution in [0, 0.1) is 27.3 Å². The first-order valence-electron chi connectivity index (χ1n) is 8.48. The number of amides is 1. The van der Waals surface area contributed by atoms with Crippen LogP contribution in [0.25, 0.3) is 0 Å². The molecule has 0 radical (unpaired) electrons. The van der Waals surface area contributed by atoms with E-state index in [0.29, 0.717) is 31.6 Å². The van der Waals surface area contributed by atoms with Gasteiger partial charge in [-0.3, -0.25) is 14.9 Å². The number of nitriles is 1. The Morgan fingerprint density at radius 3 is 2.59 bits per heavy atom. The number of hydrogen-bond acceptors (Lipinski definition) is 5. The first-order valence-corrected chi connectivity index (χ1v) is 8.48. The van der Waals surface area contributed by atoms with Crippen LogP contribution >= 0.6 is 0 Å². The van der Waals surface area contributed by atoms with Crippen LogP contribution in [-0.4, -0.2) is 34.9 Å². The number of carbonyl (C=O) groups excluding carboxylic acids is 1. The van der Waals surface area contributed by atoms with Crippen LogP contribution in [0.2, 0.25) is 0 Å². The van der Waals surface area contributed by atoms with Crippen molar-refractivity contribution in [2.75, 3.05) is 18.4 Å². The number of rotatable bonds is 4. The molecule has 138 valence electrons. The summed E-state index contributed by atoms with van der Waals surface area (Å²) in [6.45, 7) is 0.916. The van der Waals surface area contributed by atoms with Crippen LogP contribution in [0.4, 0.5) is 15.8 Å². The summed E-state index contributed by atoms with van der Waals surface area (Å²) in [7, 11) is 0. The predicted octanol–water partition coefficient (Wildman–Crippen LogP) is 3.32. The van der Waals surface area contributed by atoms with Gasteiger partial charge in [-0.1, -0.05) is 12.1 Å². The smallest absolute Gasteiger partial charge is 0.270 e. The van der Waals surface area contributed by atoms with Crippen molar-refractivity contribution >= 4 is 17.3 Å². The van der Waals surface area contributed by atoms with Crippen LogP contribution < -0.4 is 5.32 Å². The van der Waals surface area contributed by atoms with Gasteiger partial charge in [-0.2, -0.15) is 5.26 Å². The molecule has 1 N–H and O–H groups in total. The van der Waals surface area contributed by atoms with Crippen molar-refractivity contribution in [3.8, 4) is 6.07 Å². The fourth-order valence-corrected chi connectivity index (χ4v) is 3.12. The predicted molar refractivity (Wildman–Crippen MR) is 96.8 cm³/mol. The molecule has 27 heavy (non-hydrogen) atoms. The highest BCUT2D eigenvalue weighted by molar-refractivity contribution is 5.94. The number of halogens is 1. The monoisotopic (exact) mass is 368 g/mol. The van der Waals surface area contributed by atoms with Gasteiger partial charge in [0.25, 0.3) is 11.6 Å². The number of carbonyl (C=O) groups is 1. The zero-order valence-electron chi connectivity index (χ0n) is 14.4. The molecule has 0 aliphatic carbocycles. The molecule has 0 saturated carbocycles. The Bertz CT molecular complexity index is 917. The van der Waals surface area contributed by atoms with E-state index < -0.39 is 10.7 Å². The molecule has 0 atom stereocenters. The summed E-state index contributed by atoms with van der Waals surface area (Å²) in [5.41, 5.74) is 0.657. The number of anilines is 1. The Hall–Kier alpha value is -3.47. The van der Waals surface area contributed by atoms with Crippen LogP contribution in [-0.2, 0) is 0 Å². The molecule has 2 aromatic carbocycles. The number of nitrogens with zero attached hydrogens (tertiary/aromatic N) is 3. The number of likely N-dealkylation sites (tertiary alicyclic amines) is 1. The fourth-order valence-electron chi connectivity index (χ4n) is 3.12. The molecule has 7 nitrogen and oxygen atoms in total. The Balaban J connectivity index is 1.63. The van der Waals surface area contributed by atoms with Gasteiger partial charge in [0.15, 0.2) is 0 Å². The third-order valence-electron chi connectivity index (χ3n) is 4.58. The summed E-state index contributed by atoms with van der Waals surface area (Å²) in [4.78, 5) is 24.3. The molecule has 1 aliphatic rings. The Labute approximate surface area is 155 Å². The standard InChI is InChI=1S/C19H17FN4O3/c20-17-4-2-1-3-16(17)19(25)23-9-7-14(8-10-23)22-18-6-5-15(24(26)27)11-13(18)12-21/h1-6,11,14,22H,7-10H2. The van der Waals surface area contributed by atoms with Gasteiger partial charge in [-0.05, 0) is 31.0 Å². The topological polar surface area (TPSA) is 99.3 Å². The minimum atomic E-state index is -0.544. The number of benzene rings is 2. The fraction of sp³-hybridized carbons (Fsp3) is 0.263. The number of nitro benzene ring substituents is 1. The number of nitro groups is 1. The van der Waals surface area contributed by atoms with E-state index in [1.54, 1.807) is 17.0 Å². The van der Waals surface area contributed by atoms with Gasteiger partial charge in [-0.15, -0.1) is 0 Å². The molecule has 1 saturated heterocycles. The molecule has 1 aliphatic heterocycles. The maximum Gasteiger partial charge on any atom is 0.270 e. The second-order valence-corrected chi connectivity index (χ2v) is 6.29. The van der Waals surface area contributed by atoms with Gasteiger partial charge in [0.2, 0.25) is 0 Å². The SMILES string of the molecule is N#Cc1cc([N+](=O)[O-])ccc1NC1CCN(C(=O)c2ccccc2F)CC1. The number of hydrogen-bond donors (Lipinski definition) is 1. The normalized spacial score (nSPS) is 14.4. The molecule has 2 aromatic rings. The summed E-state index contributed by atoms with van der Waals surface area (Å²) in [6, 6.07) is 12.0. The molecule has 0 spiro atoms. The number of nitrogens with one attached hydrogen (secondary N) is 1. The average molecular weight is 368 g/mol. The van der Waals surface area contributed by atoms with E-state index in [1.165, 1.54) is 30.3 Å². The molecule has 8 heteroatoms. The van der Waals surface area contributed by atoms with E-state index in [2.05, 4.69) is 5.32 Å². The van der Waals surface area contributed by atoms with E-state index in [9.17, 15) is 24.6 Å². The number of piperidine rings is 1. The van der Waals surface area contributed by atoms with E-state index in [1.807, 2.05) is 6.07 Å². The summed E-state index contributed by atoms with van der Waals surface area (Å²) < 4.78 is 13.8. The quantitative estimate of drug-likeness (QED) is 0.659. The highest BCUT2D eigenvalue weighted by atomic mass is 19.1. The second-order valence-electron chi connectivity index (χ2n) is 6.29. The Morgan fingerprint density at radius 1 is 1.26 bits per heavy atom. The van der Waals surface area contributed by atoms with Crippen LogP contribution in [0.3, 0.4) is 0 Å². The van der Waals surface area contributed by atoms with Crippen molar-refractivity contribution in [3.63, 3.8) is 0 Å². The second kappa shape index (κ2) is 7.83. The summed E-state index contributed by atoms with van der Waals surface area (Å²) in [5.74, 6) is -0.869. The third-order valence-corrected chi connectivity index (χ3v) is 4.58. The van der Waals surface area contributed by atoms with Crippen molar-refractivity contribution in [1.82, 2.24) is 4.90 Å². The van der Waals surface area contributed by atoms with Gasteiger partial charge in [0, 0.05) is 31.3 Å². The molecule has 1 fully saturated rings. The molecular formula is C19H17FN4O3. The van der Waals surface area contributed by atoms with E-state index in [0.717, 1.165) is 0 Å². The Kier molecular flexibility index (Phi) is 5.31. The molecule has 3 rings (SSSR count). The zero-order valence-corrected chi connectivity index (χ0v) is 14.4. The van der Waals surface area contributed by atoms with Crippen LogP contribution in [0.1, 0.15) is 28.8 Å². The highest BCUT2D eigenvalue weighted by Crippen LogP contribution is 2.25. The lowest BCUT2D eigenvalue weighted by Crippen LogP contribution is -2.42. The lowest BCUT2D eigenvalue weighted by atomic mass is 10.0. The van der Waals surface area contributed by atoms with Crippen LogP contribution in [0.15, 0.2) is 42.5 Å². The van der Waals surface area contributed by atoms with Crippen molar-refractivity contribution in [2.45, 2.75) is 18.9 Å². The maximum absolute atomic E-state index is 13.8. The van der Waals surface area contributed by atoms with E-state index >= 15 is 0 Å². The maximum atomic E-state index is 13.8. The lowest BCUT2D eigenvalue weighted by Gasteiger charge is -2.33. The van der Waals surface area contributed by atoms with E-state index in [-0.39, 0.29) is 28.8 Å². The minimum Gasteiger partial charge on any atom is -0.381 e. The lowest BCUT2D eigenvalue weighted by molar-refractivity contribution is -0.384. The summed E-state index contributed by atoms with van der Waals surface area (Å²) in [5, 5.41) is 23.3. The van der Waals surface area contributed by atoms with Crippen molar-refractivity contribution < 1.29 is 14.1 Å². The average Bonchev–Trinajstić information content (AvgIpc) is 2.68. The van der Waals surface area contributed by atoms with Crippen LogP contribution in [0.5, 0.6) is 0 Å². The minimum absolute atomic E-state index is 0.0169. The van der Waals surface area contributed by atoms with Crippen molar-refractivity contribution in [3.05, 3.63) is 69.5 Å². The molecule has 0 bridgehead atoms. The highest BCUT2D eigenvalue weighted by Gasteiger charge is 2.25. The third kappa shape index (κ3) is 4.03. The molecule has 0 aromatic heterocycles. The van der Waals surface area contributed by atoms with Crippen molar-refractivity contribution in [2.24, 2.45) is 0 Å². The molecular weight excluding hydrogens is 351 g/mol. The molecule has 1 heterocycles. The van der Waals surface area contributed by atoms with Gasteiger partial charge >= 0.3 is 0 Å². The molecule has 0 unspecified atom stereocenters. The Morgan fingerprint density at radius 2 is 1.96 bits per heavy atom. The summed E-state index contributed by atoms with van der Waals surface area (Å²) >= 11 is 0. The van der Waals surface area contributed by atoms with Gasteiger partial charge < -0.3 is 10.2 Å². The van der Waals surface area contributed by atoms with E-state index in [4.69, 9.17) is 0 Å². The van der Waals surface area contributed by atoms with Gasteiger partial charge in [0.1, 0.15) is 11.9 Å². The largest absolute Gasteiger partial charge is 0.381 e. The number of non-ortho nitro benzene ring substituents is 1.